The summed E-state index contributed by atoms with van der Waals surface area (Å²) in [5.41, 5.74) is 0.479. The van der Waals surface area contributed by atoms with Gasteiger partial charge in [0.25, 0.3) is 0 Å². The predicted molar refractivity (Wildman–Crippen MR) is 41.0 cm³/mol. The number of aldehydes is 1. The third-order valence-electron chi connectivity index (χ3n) is 1.39. The first-order chi connectivity index (χ1) is 5.79. The maximum atomic E-state index is 11.0. The van der Waals surface area contributed by atoms with Crippen LogP contribution < -0.4 is 0 Å². The van der Waals surface area contributed by atoms with Crippen molar-refractivity contribution in [3.8, 4) is 0 Å². The van der Waals surface area contributed by atoms with Crippen LogP contribution in [0.4, 0.5) is 0 Å². The Morgan fingerprint density at radius 1 is 1.67 bits per heavy atom. The molecule has 0 spiro atoms. The number of carbonyl (C=O) groups excluding carboxylic acids is 2. The summed E-state index contributed by atoms with van der Waals surface area (Å²) in [6, 6.07) is 1.46. The highest BCUT2D eigenvalue weighted by Gasteiger charge is 2.09. The van der Waals surface area contributed by atoms with Gasteiger partial charge in [-0.25, -0.2) is 4.79 Å². The Hall–Kier alpha value is -1.71. The maximum absolute atomic E-state index is 11.0. The largest absolute Gasteiger partial charge is 0.465 e. The Bertz CT molecular complexity index is 309. The van der Waals surface area contributed by atoms with E-state index >= 15 is 0 Å². The summed E-state index contributed by atoms with van der Waals surface area (Å²) in [6.07, 6.45) is 3.33. The molecule has 0 fully saturated rings. The Labute approximate surface area is 69.2 Å². The number of esters is 1. The summed E-state index contributed by atoms with van der Waals surface area (Å²) in [5, 5.41) is 0. The predicted octanol–water partition coefficient (Wildman–Crippen LogP) is 0.681. The van der Waals surface area contributed by atoms with Crippen LogP contribution in [-0.2, 0) is 4.74 Å². The van der Waals surface area contributed by atoms with Crippen LogP contribution in [0.5, 0.6) is 0 Å². The summed E-state index contributed by atoms with van der Waals surface area (Å²) in [7, 11) is 1.25. The molecule has 0 amide bonds. The molecule has 0 aliphatic carbocycles. The van der Waals surface area contributed by atoms with Crippen LogP contribution in [0.2, 0.25) is 0 Å². The van der Waals surface area contributed by atoms with Crippen molar-refractivity contribution in [1.29, 1.82) is 0 Å². The second-order valence-corrected chi connectivity index (χ2v) is 2.07. The number of aromatic nitrogens is 1. The first-order valence-corrected chi connectivity index (χ1v) is 3.27. The van der Waals surface area contributed by atoms with Gasteiger partial charge in [-0.3, -0.25) is 9.78 Å². The number of hydrogen-bond donors (Lipinski definition) is 0. The number of pyridine rings is 1. The van der Waals surface area contributed by atoms with Gasteiger partial charge in [-0.2, -0.15) is 0 Å². The van der Waals surface area contributed by atoms with E-state index < -0.39 is 5.97 Å². The highest BCUT2D eigenvalue weighted by Crippen LogP contribution is 2.04. The first-order valence-electron chi connectivity index (χ1n) is 3.27. The Morgan fingerprint density at radius 3 is 3.00 bits per heavy atom. The second kappa shape index (κ2) is 3.61. The minimum atomic E-state index is -0.551. The van der Waals surface area contributed by atoms with E-state index in [1.165, 1.54) is 25.6 Å². The van der Waals surface area contributed by atoms with Crippen LogP contribution in [0.15, 0.2) is 18.5 Å². The molecule has 0 atom stereocenters. The average molecular weight is 165 g/mol. The van der Waals surface area contributed by atoms with Gasteiger partial charge in [0.05, 0.1) is 12.7 Å². The van der Waals surface area contributed by atoms with Crippen LogP contribution in [0.25, 0.3) is 0 Å². The van der Waals surface area contributed by atoms with E-state index in [9.17, 15) is 9.59 Å². The summed E-state index contributed by atoms with van der Waals surface area (Å²) in [6.45, 7) is 0. The zero-order valence-electron chi connectivity index (χ0n) is 6.48. The maximum Gasteiger partial charge on any atom is 0.340 e. The molecule has 0 N–H and O–H groups in total. The first kappa shape index (κ1) is 8.39. The van der Waals surface area contributed by atoms with Gasteiger partial charge in [-0.1, -0.05) is 0 Å². The van der Waals surface area contributed by atoms with Crippen LogP contribution >= 0.6 is 0 Å². The third-order valence-corrected chi connectivity index (χ3v) is 1.39. The quantitative estimate of drug-likeness (QED) is 0.477. The lowest BCUT2D eigenvalue weighted by Gasteiger charge is -1.99. The van der Waals surface area contributed by atoms with Crippen molar-refractivity contribution in [3.05, 3.63) is 29.6 Å². The summed E-state index contributed by atoms with van der Waals surface area (Å²) < 4.78 is 4.44. The minimum Gasteiger partial charge on any atom is -0.465 e. The van der Waals surface area contributed by atoms with Crippen molar-refractivity contribution in [2.75, 3.05) is 7.11 Å². The second-order valence-electron chi connectivity index (χ2n) is 2.07. The molecule has 0 saturated carbocycles. The molecule has 4 nitrogen and oxygen atoms in total. The molecule has 12 heavy (non-hydrogen) atoms. The molecule has 0 bridgehead atoms. The molecule has 1 aromatic heterocycles. The molecule has 0 aromatic carbocycles. The van der Waals surface area contributed by atoms with E-state index in [4.69, 9.17) is 0 Å². The van der Waals surface area contributed by atoms with Crippen LogP contribution in [0.3, 0.4) is 0 Å². The van der Waals surface area contributed by atoms with Gasteiger partial charge >= 0.3 is 5.97 Å². The average Bonchev–Trinajstić information content (AvgIpc) is 2.16. The van der Waals surface area contributed by atoms with E-state index in [0.717, 1.165) is 0 Å². The van der Waals surface area contributed by atoms with Crippen molar-refractivity contribution in [3.63, 3.8) is 0 Å². The number of nitrogens with zero attached hydrogens (tertiary/aromatic N) is 1. The van der Waals surface area contributed by atoms with Crippen molar-refractivity contribution < 1.29 is 14.3 Å². The fraction of sp³-hybridized carbons (Fsp3) is 0.125. The van der Waals surface area contributed by atoms with E-state index in [0.29, 0.717) is 6.29 Å². The van der Waals surface area contributed by atoms with Crippen LogP contribution in [0.1, 0.15) is 20.7 Å². The standard InChI is InChI=1S/C8H7NO3/c1-12-8(11)7-4-9-3-2-6(7)5-10/h2-5H,1H3. The molecular formula is C8H7NO3. The number of rotatable bonds is 2. The molecule has 1 rings (SSSR count). The van der Waals surface area contributed by atoms with Gasteiger partial charge in [0.1, 0.15) is 0 Å². The minimum absolute atomic E-state index is 0.190. The lowest BCUT2D eigenvalue weighted by molar-refractivity contribution is 0.0598. The Kier molecular flexibility index (Phi) is 2.53. The SMILES string of the molecule is COC(=O)c1cnccc1C=O. The molecule has 0 radical (unpaired) electrons. The zero-order valence-corrected chi connectivity index (χ0v) is 6.48. The van der Waals surface area contributed by atoms with Gasteiger partial charge in [0.15, 0.2) is 6.29 Å². The summed E-state index contributed by atoms with van der Waals surface area (Å²) in [5.74, 6) is -0.551. The van der Waals surface area contributed by atoms with Gasteiger partial charge in [-0.15, -0.1) is 0 Å². The van der Waals surface area contributed by atoms with Gasteiger partial charge in [-0.05, 0) is 6.07 Å². The third kappa shape index (κ3) is 1.47. The van der Waals surface area contributed by atoms with Gasteiger partial charge < -0.3 is 4.74 Å². The fourth-order valence-electron chi connectivity index (χ4n) is 0.788. The van der Waals surface area contributed by atoms with Crippen molar-refractivity contribution in [1.82, 2.24) is 4.98 Å². The lowest BCUT2D eigenvalue weighted by Crippen LogP contribution is -2.05. The monoisotopic (exact) mass is 165 g/mol. The van der Waals surface area contributed by atoms with Crippen LogP contribution in [0, 0.1) is 0 Å². The Morgan fingerprint density at radius 2 is 2.42 bits per heavy atom. The fourth-order valence-corrected chi connectivity index (χ4v) is 0.788. The molecule has 0 aliphatic rings. The number of methoxy groups -OCH3 is 1. The number of carbonyl (C=O) groups is 2. The highest BCUT2D eigenvalue weighted by atomic mass is 16.5. The molecule has 0 saturated heterocycles. The van der Waals surface area contributed by atoms with E-state index in [1.807, 2.05) is 0 Å². The molecule has 1 aromatic rings. The highest BCUT2D eigenvalue weighted by molar-refractivity contribution is 5.97. The van der Waals surface area contributed by atoms with Crippen LogP contribution in [-0.4, -0.2) is 24.3 Å². The van der Waals surface area contributed by atoms with E-state index in [1.54, 1.807) is 0 Å². The van der Waals surface area contributed by atoms with Crippen molar-refractivity contribution >= 4 is 12.3 Å². The molecule has 1 heterocycles. The number of hydrogen-bond acceptors (Lipinski definition) is 4. The van der Waals surface area contributed by atoms with Crippen molar-refractivity contribution in [2.45, 2.75) is 0 Å². The lowest BCUT2D eigenvalue weighted by atomic mass is 10.1. The van der Waals surface area contributed by atoms with E-state index in [2.05, 4.69) is 9.72 Å². The Balaban J connectivity index is 3.13. The van der Waals surface area contributed by atoms with E-state index in [-0.39, 0.29) is 11.1 Å². The topological polar surface area (TPSA) is 56.3 Å². The molecule has 62 valence electrons. The molecule has 4 heteroatoms. The van der Waals surface area contributed by atoms with Gasteiger partial charge in [0.2, 0.25) is 0 Å². The van der Waals surface area contributed by atoms with Gasteiger partial charge in [0, 0.05) is 18.0 Å². The summed E-state index contributed by atoms with van der Waals surface area (Å²) in [4.78, 5) is 25.1. The summed E-state index contributed by atoms with van der Waals surface area (Å²) >= 11 is 0. The smallest absolute Gasteiger partial charge is 0.340 e. The molecule has 0 unspecified atom stereocenters. The zero-order chi connectivity index (χ0) is 8.97. The normalized spacial score (nSPS) is 9.08. The molecular weight excluding hydrogens is 158 g/mol. The number of ether oxygens (including phenoxy) is 1. The van der Waals surface area contributed by atoms with Crippen molar-refractivity contribution in [2.24, 2.45) is 0 Å². The molecule has 0 aliphatic heterocycles.